The number of Topliss-reactive ketones (excluding diaryl/α,β-unsaturated/α-hetero) is 1. The standard InChI is InChI=1S/C43H54N2O13/c1-12-55-42(53)27-24(8)44-32-28-30-36(49)23(7)39-31(28)40(51)43(10,58-39)56-17-16-26(54-11)20(4)38(57-25(9)46)22(6)35(48)21(5)34(47)18(2)14-13-15-19(3)41(52)45-33(29(27)32)37(30)50/h13-18,20-22,26,34-35,38,44,47-50H,12H2,1-11H3,(H,45,52). The number of hydrogen-bond acceptors (Lipinski definition) is 13. The number of aryl methyl sites for hydroxylation is 1. The molecule has 15 nitrogen and oxygen atoms in total. The van der Waals surface area contributed by atoms with Gasteiger partial charge in [-0.05, 0) is 33.8 Å². The minimum Gasteiger partial charge on any atom is -0.507 e. The van der Waals surface area contributed by atoms with Crippen molar-refractivity contribution in [3.05, 3.63) is 58.5 Å². The number of rotatable bonds is 4. The van der Waals surface area contributed by atoms with Crippen LogP contribution in [-0.4, -0.2) is 93.0 Å². The monoisotopic (exact) mass is 806 g/mol. The number of aromatic nitrogens is 1. The van der Waals surface area contributed by atoms with Crippen molar-refractivity contribution >= 4 is 51.0 Å². The fourth-order valence-corrected chi connectivity index (χ4v) is 8.01. The topological polar surface area (TPSA) is 223 Å². The number of phenols is 2. The third-order valence-electron chi connectivity index (χ3n) is 11.4. The molecule has 2 aliphatic rings. The van der Waals surface area contributed by atoms with Crippen LogP contribution in [0.15, 0.2) is 36.1 Å². The molecule has 314 valence electrons. The Morgan fingerprint density at radius 1 is 0.931 bits per heavy atom. The van der Waals surface area contributed by atoms with Gasteiger partial charge in [0.1, 0.15) is 17.6 Å². The summed E-state index contributed by atoms with van der Waals surface area (Å²) in [6.07, 6.45) is 3.56. The summed E-state index contributed by atoms with van der Waals surface area (Å²) in [7, 11) is 1.44. The SMILES string of the molecule is CCOC(=O)c1c(C)[nH]c2c1c1c(O)c3c(O)c(C)c4c(c32)C(=O)C(C)(OC=CC(OC)C(C)C(OC(C)=O)C(C)C(O)C(C)C(O)C(C)C=CC=C(C)C(=O)N1)O4. The number of aromatic amines is 1. The number of benzene rings is 2. The molecule has 0 saturated heterocycles. The molecular weight excluding hydrogens is 752 g/mol. The van der Waals surface area contributed by atoms with Crippen LogP contribution in [0.5, 0.6) is 17.2 Å². The van der Waals surface area contributed by atoms with E-state index in [1.165, 1.54) is 53.2 Å². The number of carbonyl (C=O) groups is 4. The number of carbonyl (C=O) groups excluding carboxylic acids is 4. The molecule has 4 bridgehead atoms. The lowest BCUT2D eigenvalue weighted by molar-refractivity contribution is -0.160. The van der Waals surface area contributed by atoms with Crippen LogP contribution in [-0.2, 0) is 28.5 Å². The Hall–Kier alpha value is -5.38. The Labute approximate surface area is 336 Å². The van der Waals surface area contributed by atoms with Gasteiger partial charge in [0.2, 0.25) is 0 Å². The lowest BCUT2D eigenvalue weighted by Gasteiger charge is -2.38. The van der Waals surface area contributed by atoms with Gasteiger partial charge in [-0.1, -0.05) is 45.9 Å². The number of ether oxygens (including phenoxy) is 5. The molecule has 0 fully saturated rings. The fourth-order valence-electron chi connectivity index (χ4n) is 8.01. The molecule has 0 aliphatic carbocycles. The maximum absolute atomic E-state index is 14.6. The molecule has 2 aromatic carbocycles. The second-order valence-corrected chi connectivity index (χ2v) is 15.5. The van der Waals surface area contributed by atoms with Crippen LogP contribution in [0.25, 0.3) is 21.7 Å². The highest BCUT2D eigenvalue weighted by molar-refractivity contribution is 6.31. The number of aliphatic hydroxyl groups excluding tert-OH is 2. The second kappa shape index (κ2) is 16.8. The Morgan fingerprint density at radius 3 is 2.22 bits per heavy atom. The van der Waals surface area contributed by atoms with Crippen molar-refractivity contribution in [2.75, 3.05) is 19.0 Å². The molecule has 0 saturated carbocycles. The molecule has 2 aliphatic heterocycles. The average molecular weight is 807 g/mol. The zero-order valence-electron chi connectivity index (χ0n) is 34.7. The molecule has 58 heavy (non-hydrogen) atoms. The van der Waals surface area contributed by atoms with Crippen LogP contribution in [0.2, 0.25) is 0 Å². The van der Waals surface area contributed by atoms with Gasteiger partial charge in [0.05, 0.1) is 58.9 Å². The van der Waals surface area contributed by atoms with Gasteiger partial charge in [0, 0.05) is 72.2 Å². The van der Waals surface area contributed by atoms with E-state index in [0.29, 0.717) is 5.69 Å². The first-order chi connectivity index (χ1) is 27.2. The number of ketones is 1. The smallest absolute Gasteiger partial charge is 0.340 e. The minimum absolute atomic E-state index is 0.00939. The van der Waals surface area contributed by atoms with E-state index in [2.05, 4.69) is 10.3 Å². The molecule has 0 spiro atoms. The number of amides is 1. The number of phenolic OH excluding ortho intramolecular Hbond substituents is 2. The molecule has 1 aromatic heterocycles. The Kier molecular flexibility index (Phi) is 12.7. The highest BCUT2D eigenvalue weighted by Crippen LogP contribution is 2.54. The quantitative estimate of drug-likeness (QED) is 0.131. The number of aliphatic hydroxyl groups is 2. The summed E-state index contributed by atoms with van der Waals surface area (Å²) in [5, 5.41) is 49.1. The van der Waals surface area contributed by atoms with E-state index in [1.807, 2.05) is 0 Å². The molecule has 15 heteroatoms. The summed E-state index contributed by atoms with van der Waals surface area (Å²) in [4.78, 5) is 57.3. The summed E-state index contributed by atoms with van der Waals surface area (Å²) < 4.78 is 29.1. The fraction of sp³-hybridized carbons (Fsp3) is 0.488. The van der Waals surface area contributed by atoms with E-state index < -0.39 is 89.0 Å². The van der Waals surface area contributed by atoms with E-state index in [9.17, 15) is 39.6 Å². The molecule has 6 N–H and O–H groups in total. The summed E-state index contributed by atoms with van der Waals surface area (Å²) in [5.74, 6) is -8.35. The third-order valence-corrected chi connectivity index (χ3v) is 11.4. The molecular formula is C43H54N2O13. The van der Waals surface area contributed by atoms with Gasteiger partial charge in [-0.15, -0.1) is 0 Å². The maximum atomic E-state index is 14.6. The van der Waals surface area contributed by atoms with Crippen molar-refractivity contribution in [3.63, 3.8) is 0 Å². The number of hydrogen-bond donors (Lipinski definition) is 6. The number of anilines is 1. The van der Waals surface area contributed by atoms with Gasteiger partial charge in [0.15, 0.2) is 5.75 Å². The Morgan fingerprint density at radius 2 is 1.60 bits per heavy atom. The predicted molar refractivity (Wildman–Crippen MR) is 215 cm³/mol. The number of H-pyrrole nitrogens is 1. The summed E-state index contributed by atoms with van der Waals surface area (Å²) in [5.41, 5.74) is 0.365. The van der Waals surface area contributed by atoms with Crippen molar-refractivity contribution in [3.8, 4) is 17.2 Å². The summed E-state index contributed by atoms with van der Waals surface area (Å²) in [6.45, 7) is 15.8. The van der Waals surface area contributed by atoms with Crippen LogP contribution in [0.3, 0.4) is 0 Å². The van der Waals surface area contributed by atoms with E-state index in [-0.39, 0.29) is 62.0 Å². The van der Waals surface area contributed by atoms with Crippen molar-refractivity contribution < 1.29 is 63.3 Å². The summed E-state index contributed by atoms with van der Waals surface area (Å²) >= 11 is 0. The van der Waals surface area contributed by atoms with Gasteiger partial charge in [-0.25, -0.2) is 4.79 Å². The molecule has 9 atom stereocenters. The van der Waals surface area contributed by atoms with Crippen LogP contribution < -0.4 is 10.1 Å². The first-order valence-electron chi connectivity index (χ1n) is 19.3. The predicted octanol–water partition coefficient (Wildman–Crippen LogP) is 6.01. The van der Waals surface area contributed by atoms with E-state index >= 15 is 0 Å². The van der Waals surface area contributed by atoms with Crippen molar-refractivity contribution in [1.82, 2.24) is 4.98 Å². The zero-order valence-corrected chi connectivity index (χ0v) is 34.7. The average Bonchev–Trinajstić information content (AvgIpc) is 3.66. The highest BCUT2D eigenvalue weighted by Gasteiger charge is 2.50. The van der Waals surface area contributed by atoms with Gasteiger partial charge in [0.25, 0.3) is 11.7 Å². The van der Waals surface area contributed by atoms with Crippen LogP contribution in [0.4, 0.5) is 5.69 Å². The zero-order chi connectivity index (χ0) is 43.1. The van der Waals surface area contributed by atoms with Crippen molar-refractivity contribution in [1.29, 1.82) is 0 Å². The largest absolute Gasteiger partial charge is 0.507 e. The molecule has 1 amide bonds. The maximum Gasteiger partial charge on any atom is 0.340 e. The first kappa shape index (κ1) is 43.7. The molecule has 3 aromatic rings. The molecule has 3 heterocycles. The number of nitrogens with one attached hydrogen (secondary N) is 2. The van der Waals surface area contributed by atoms with Crippen molar-refractivity contribution in [2.24, 2.45) is 23.7 Å². The summed E-state index contributed by atoms with van der Waals surface area (Å²) in [6, 6.07) is 0. The highest BCUT2D eigenvalue weighted by atomic mass is 16.7. The number of allylic oxidation sites excluding steroid dienone is 2. The van der Waals surface area contributed by atoms with Crippen LogP contribution >= 0.6 is 0 Å². The normalized spacial score (nSPS) is 28.3. The molecule has 0 radical (unpaired) electrons. The van der Waals surface area contributed by atoms with Crippen molar-refractivity contribution in [2.45, 2.75) is 99.4 Å². The molecule has 9 unspecified atom stereocenters. The van der Waals surface area contributed by atoms with Crippen LogP contribution in [0, 0.1) is 37.5 Å². The second-order valence-electron chi connectivity index (χ2n) is 15.5. The van der Waals surface area contributed by atoms with E-state index in [0.717, 1.165) is 0 Å². The number of methoxy groups -OCH3 is 1. The van der Waals surface area contributed by atoms with Crippen LogP contribution in [0.1, 0.15) is 87.4 Å². The van der Waals surface area contributed by atoms with Gasteiger partial charge in [-0.3, -0.25) is 14.4 Å². The van der Waals surface area contributed by atoms with Gasteiger partial charge < -0.3 is 54.4 Å². The minimum atomic E-state index is -2.02. The number of fused-ring (bicyclic) bond motifs is 1. The van der Waals surface area contributed by atoms with E-state index in [1.54, 1.807) is 53.7 Å². The Bertz CT molecular complexity index is 2240. The third kappa shape index (κ3) is 7.65. The van der Waals surface area contributed by atoms with Gasteiger partial charge >= 0.3 is 17.7 Å². The number of esters is 2. The number of aromatic hydroxyl groups is 2. The Balaban J connectivity index is 1.78. The lowest BCUT2D eigenvalue weighted by atomic mass is 9.78. The first-order valence-corrected chi connectivity index (χ1v) is 19.3. The lowest BCUT2D eigenvalue weighted by Crippen LogP contribution is -2.46. The van der Waals surface area contributed by atoms with Gasteiger partial charge in [-0.2, -0.15) is 0 Å². The molecule has 5 rings (SSSR count). The van der Waals surface area contributed by atoms with E-state index in [4.69, 9.17) is 23.7 Å².